The first kappa shape index (κ1) is 9.57. The number of benzene rings is 1. The van der Waals surface area contributed by atoms with Crippen LogP contribution >= 0.6 is 11.8 Å². The molecule has 1 unspecified atom stereocenters. The summed E-state index contributed by atoms with van der Waals surface area (Å²) in [5, 5.41) is 0. The first-order valence-electron chi connectivity index (χ1n) is 5.57. The largest absolute Gasteiger partial charge is 0.468 e. The maximum atomic E-state index is 5.59. The van der Waals surface area contributed by atoms with Crippen LogP contribution in [-0.4, -0.2) is 12.9 Å². The van der Waals surface area contributed by atoms with Crippen molar-refractivity contribution in [1.29, 1.82) is 0 Å². The molecule has 2 nitrogen and oxygen atoms in total. The SMILES string of the molecule is C1=CC2OCOC2=C2Sc3ccccc3C=C12. The van der Waals surface area contributed by atoms with Gasteiger partial charge in [0.25, 0.3) is 0 Å². The predicted octanol–water partition coefficient (Wildman–Crippen LogP) is 3.33. The molecule has 0 aromatic heterocycles. The van der Waals surface area contributed by atoms with Gasteiger partial charge >= 0.3 is 0 Å². The van der Waals surface area contributed by atoms with Crippen molar-refractivity contribution in [3.8, 4) is 0 Å². The van der Waals surface area contributed by atoms with Gasteiger partial charge in [-0.15, -0.1) is 0 Å². The van der Waals surface area contributed by atoms with Crippen molar-refractivity contribution >= 4 is 17.8 Å². The van der Waals surface area contributed by atoms with E-state index in [-0.39, 0.29) is 6.10 Å². The molecule has 0 radical (unpaired) electrons. The van der Waals surface area contributed by atoms with Gasteiger partial charge < -0.3 is 9.47 Å². The number of hydrogen-bond acceptors (Lipinski definition) is 3. The van der Waals surface area contributed by atoms with Gasteiger partial charge in [0, 0.05) is 4.90 Å². The minimum atomic E-state index is 0.0138. The molecule has 1 atom stereocenters. The second kappa shape index (κ2) is 3.52. The van der Waals surface area contributed by atoms with Crippen LogP contribution in [0, 0.1) is 0 Å². The molecule has 1 saturated heterocycles. The van der Waals surface area contributed by atoms with E-state index in [0.717, 1.165) is 5.76 Å². The standard InChI is InChI=1S/C14H10O2S/c1-2-4-12-9(3-1)7-10-5-6-11-13(14(10)17-12)16-8-15-11/h1-7,11H,8H2. The lowest BCUT2D eigenvalue weighted by molar-refractivity contribution is 0.0630. The molecule has 1 fully saturated rings. The molecule has 2 aliphatic heterocycles. The van der Waals surface area contributed by atoms with E-state index < -0.39 is 0 Å². The number of ether oxygens (including phenoxy) is 2. The molecule has 0 amide bonds. The molecule has 3 aliphatic rings. The number of allylic oxidation sites excluding steroid dienone is 2. The molecule has 2 heterocycles. The van der Waals surface area contributed by atoms with Crippen molar-refractivity contribution in [2.24, 2.45) is 0 Å². The van der Waals surface area contributed by atoms with Crippen LogP contribution in [0.2, 0.25) is 0 Å². The molecular weight excluding hydrogens is 232 g/mol. The third-order valence-corrected chi connectivity index (χ3v) is 4.33. The van der Waals surface area contributed by atoms with Crippen LogP contribution in [0.4, 0.5) is 0 Å². The Morgan fingerprint density at radius 1 is 1.24 bits per heavy atom. The minimum Gasteiger partial charge on any atom is -0.468 e. The Labute approximate surface area is 104 Å². The van der Waals surface area contributed by atoms with Crippen LogP contribution < -0.4 is 0 Å². The number of hydrogen-bond donors (Lipinski definition) is 0. The third kappa shape index (κ3) is 1.39. The van der Waals surface area contributed by atoms with Gasteiger partial charge in [-0.25, -0.2) is 0 Å². The highest BCUT2D eigenvalue weighted by Gasteiger charge is 2.31. The van der Waals surface area contributed by atoms with Crippen molar-refractivity contribution in [3.05, 3.63) is 58.2 Å². The molecule has 1 aliphatic carbocycles. The summed E-state index contributed by atoms with van der Waals surface area (Å²) in [5.41, 5.74) is 2.50. The fraction of sp³-hybridized carbons (Fsp3) is 0.143. The molecule has 4 rings (SSSR count). The summed E-state index contributed by atoms with van der Waals surface area (Å²) in [5.74, 6) is 0.971. The van der Waals surface area contributed by atoms with Gasteiger partial charge in [0.05, 0.1) is 4.91 Å². The van der Waals surface area contributed by atoms with Crippen molar-refractivity contribution in [1.82, 2.24) is 0 Å². The number of thioether (sulfide) groups is 1. The van der Waals surface area contributed by atoms with Gasteiger partial charge in [-0.05, 0) is 29.4 Å². The zero-order valence-electron chi connectivity index (χ0n) is 9.05. The molecule has 0 saturated carbocycles. The van der Waals surface area contributed by atoms with E-state index in [1.165, 1.54) is 20.9 Å². The van der Waals surface area contributed by atoms with E-state index in [4.69, 9.17) is 9.47 Å². The third-order valence-electron chi connectivity index (χ3n) is 3.10. The molecule has 0 N–H and O–H groups in total. The Balaban J connectivity index is 1.90. The van der Waals surface area contributed by atoms with Crippen LogP contribution in [0.1, 0.15) is 5.56 Å². The Morgan fingerprint density at radius 3 is 3.18 bits per heavy atom. The lowest BCUT2D eigenvalue weighted by atomic mass is 10.0. The molecular formula is C14H10O2S. The normalized spacial score (nSPS) is 24.7. The molecule has 3 heteroatoms. The van der Waals surface area contributed by atoms with Crippen molar-refractivity contribution in [2.75, 3.05) is 6.79 Å². The average molecular weight is 242 g/mol. The molecule has 1 aromatic carbocycles. The zero-order chi connectivity index (χ0) is 11.2. The van der Waals surface area contributed by atoms with Crippen LogP contribution in [0.5, 0.6) is 0 Å². The highest BCUT2D eigenvalue weighted by atomic mass is 32.2. The summed E-state index contributed by atoms with van der Waals surface area (Å²) in [6.07, 6.45) is 6.41. The molecule has 84 valence electrons. The van der Waals surface area contributed by atoms with E-state index in [9.17, 15) is 0 Å². The van der Waals surface area contributed by atoms with Gasteiger partial charge in [-0.1, -0.05) is 36.0 Å². The van der Waals surface area contributed by atoms with E-state index in [1.807, 2.05) is 0 Å². The van der Waals surface area contributed by atoms with Gasteiger partial charge in [0.2, 0.25) is 0 Å². The molecule has 0 spiro atoms. The van der Waals surface area contributed by atoms with E-state index in [1.54, 1.807) is 11.8 Å². The second-order valence-corrected chi connectivity index (χ2v) is 5.19. The predicted molar refractivity (Wildman–Crippen MR) is 67.3 cm³/mol. The highest BCUT2D eigenvalue weighted by molar-refractivity contribution is 8.03. The van der Waals surface area contributed by atoms with Gasteiger partial charge in [0.15, 0.2) is 6.79 Å². The fourth-order valence-electron chi connectivity index (χ4n) is 2.27. The fourth-order valence-corrected chi connectivity index (χ4v) is 3.40. The molecule has 17 heavy (non-hydrogen) atoms. The van der Waals surface area contributed by atoms with Gasteiger partial charge in [-0.3, -0.25) is 0 Å². The Hall–Kier alpha value is -1.45. The Kier molecular flexibility index (Phi) is 1.98. The van der Waals surface area contributed by atoms with E-state index in [0.29, 0.717) is 6.79 Å². The highest BCUT2D eigenvalue weighted by Crippen LogP contribution is 2.46. The maximum Gasteiger partial charge on any atom is 0.190 e. The lowest BCUT2D eigenvalue weighted by Crippen LogP contribution is -2.11. The lowest BCUT2D eigenvalue weighted by Gasteiger charge is -2.22. The topological polar surface area (TPSA) is 18.5 Å². The summed E-state index contributed by atoms with van der Waals surface area (Å²) >= 11 is 1.77. The number of rotatable bonds is 0. The summed E-state index contributed by atoms with van der Waals surface area (Å²) in [7, 11) is 0. The summed E-state index contributed by atoms with van der Waals surface area (Å²) in [4.78, 5) is 2.48. The minimum absolute atomic E-state index is 0.0138. The first-order valence-corrected chi connectivity index (χ1v) is 6.39. The van der Waals surface area contributed by atoms with Gasteiger partial charge in [-0.2, -0.15) is 0 Å². The van der Waals surface area contributed by atoms with E-state index in [2.05, 4.69) is 42.5 Å². The monoisotopic (exact) mass is 242 g/mol. The van der Waals surface area contributed by atoms with Crippen molar-refractivity contribution < 1.29 is 9.47 Å². The summed E-state index contributed by atoms with van der Waals surface area (Å²) in [6.45, 7) is 0.364. The number of fused-ring (bicyclic) bond motifs is 3. The first-order chi connectivity index (χ1) is 8.42. The quantitative estimate of drug-likeness (QED) is 0.695. The summed E-state index contributed by atoms with van der Waals surface area (Å²) < 4.78 is 11.1. The smallest absolute Gasteiger partial charge is 0.190 e. The van der Waals surface area contributed by atoms with Crippen LogP contribution in [0.3, 0.4) is 0 Å². The van der Waals surface area contributed by atoms with Crippen LogP contribution in [-0.2, 0) is 9.47 Å². The zero-order valence-corrected chi connectivity index (χ0v) is 9.87. The summed E-state index contributed by atoms with van der Waals surface area (Å²) in [6, 6.07) is 8.42. The molecule has 0 bridgehead atoms. The van der Waals surface area contributed by atoms with E-state index >= 15 is 0 Å². The average Bonchev–Trinajstić information content (AvgIpc) is 2.85. The Bertz CT molecular complexity index is 584. The van der Waals surface area contributed by atoms with Crippen LogP contribution in [0.15, 0.2) is 57.6 Å². The van der Waals surface area contributed by atoms with Gasteiger partial charge in [0.1, 0.15) is 11.9 Å². The molecule has 1 aromatic rings. The van der Waals surface area contributed by atoms with Crippen molar-refractivity contribution in [2.45, 2.75) is 11.0 Å². The Morgan fingerprint density at radius 2 is 2.18 bits per heavy atom. The second-order valence-electron chi connectivity index (χ2n) is 4.14. The van der Waals surface area contributed by atoms with Crippen molar-refractivity contribution in [3.63, 3.8) is 0 Å². The van der Waals surface area contributed by atoms with Crippen LogP contribution in [0.25, 0.3) is 6.08 Å². The maximum absolute atomic E-state index is 5.59.